The summed E-state index contributed by atoms with van der Waals surface area (Å²) in [5, 5.41) is 12.8. The number of aliphatic hydroxyl groups excluding tert-OH is 1. The maximum absolute atomic E-state index is 9.41. The smallest absolute Gasteiger partial charge is 0.0681 e. The number of fused-ring (bicyclic) bond motifs is 1. The van der Waals surface area contributed by atoms with Gasteiger partial charge in [0.1, 0.15) is 0 Å². The normalized spacial score (nSPS) is 17.2. The molecule has 0 radical (unpaired) electrons. The lowest BCUT2D eigenvalue weighted by Gasteiger charge is -2.36. The summed E-state index contributed by atoms with van der Waals surface area (Å²) in [6, 6.07) is 15.1. The second kappa shape index (κ2) is 8.93. The SMILES string of the molecule is C=C(c1cccc2c1CN(C(C)(C)CCc1cccc(CO)c1)C2)N1CCNCC1. The lowest BCUT2D eigenvalue weighted by Crippen LogP contribution is -2.42. The van der Waals surface area contributed by atoms with Gasteiger partial charge < -0.3 is 15.3 Å². The summed E-state index contributed by atoms with van der Waals surface area (Å²) < 4.78 is 0. The highest BCUT2D eigenvalue weighted by atomic mass is 16.3. The minimum absolute atomic E-state index is 0.0991. The van der Waals surface area contributed by atoms with E-state index < -0.39 is 0 Å². The molecule has 160 valence electrons. The monoisotopic (exact) mass is 405 g/mol. The number of rotatable bonds is 7. The minimum atomic E-state index is 0.0991. The molecule has 30 heavy (non-hydrogen) atoms. The standard InChI is InChI=1S/C26H35N3O/c1-20(28-14-12-27-13-15-28)24-9-5-8-23-17-29(18-25(23)24)26(2,3)11-10-21-6-4-7-22(16-21)19-30/h4-9,16,27,30H,1,10-15,17-19H2,2-3H3. The lowest BCUT2D eigenvalue weighted by molar-refractivity contribution is 0.109. The van der Waals surface area contributed by atoms with Crippen molar-refractivity contribution < 1.29 is 5.11 Å². The molecule has 0 spiro atoms. The Morgan fingerprint density at radius 1 is 1.07 bits per heavy atom. The van der Waals surface area contributed by atoms with Crippen LogP contribution in [0.25, 0.3) is 5.70 Å². The maximum atomic E-state index is 9.41. The number of aryl methyl sites for hydroxylation is 1. The summed E-state index contributed by atoms with van der Waals surface area (Å²) in [6.07, 6.45) is 2.11. The maximum Gasteiger partial charge on any atom is 0.0681 e. The molecular formula is C26H35N3O. The van der Waals surface area contributed by atoms with Crippen LogP contribution in [0.4, 0.5) is 0 Å². The highest BCUT2D eigenvalue weighted by Gasteiger charge is 2.33. The Balaban J connectivity index is 1.46. The first-order valence-electron chi connectivity index (χ1n) is 11.2. The van der Waals surface area contributed by atoms with Gasteiger partial charge in [-0.3, -0.25) is 4.90 Å². The molecule has 2 aromatic rings. The van der Waals surface area contributed by atoms with Gasteiger partial charge in [0, 0.05) is 56.1 Å². The van der Waals surface area contributed by atoms with Gasteiger partial charge in [-0.2, -0.15) is 0 Å². The summed E-state index contributed by atoms with van der Waals surface area (Å²) in [6.45, 7) is 15.4. The predicted molar refractivity (Wildman–Crippen MR) is 124 cm³/mol. The second-order valence-corrected chi connectivity index (χ2v) is 9.27. The Morgan fingerprint density at radius 2 is 1.80 bits per heavy atom. The molecule has 0 atom stereocenters. The first kappa shape index (κ1) is 21.1. The van der Waals surface area contributed by atoms with Gasteiger partial charge in [-0.25, -0.2) is 0 Å². The largest absolute Gasteiger partial charge is 0.392 e. The first-order chi connectivity index (χ1) is 14.5. The fraction of sp³-hybridized carbons (Fsp3) is 0.462. The van der Waals surface area contributed by atoms with Crippen molar-refractivity contribution in [1.29, 1.82) is 0 Å². The zero-order chi connectivity index (χ0) is 21.1. The minimum Gasteiger partial charge on any atom is -0.392 e. The van der Waals surface area contributed by atoms with Crippen LogP contribution in [-0.4, -0.2) is 46.6 Å². The summed E-state index contributed by atoms with van der Waals surface area (Å²) in [7, 11) is 0. The molecule has 0 unspecified atom stereocenters. The van der Waals surface area contributed by atoms with Crippen molar-refractivity contribution in [1.82, 2.24) is 15.1 Å². The average molecular weight is 406 g/mol. The van der Waals surface area contributed by atoms with E-state index in [0.717, 1.165) is 57.7 Å². The number of aliphatic hydroxyl groups is 1. The van der Waals surface area contributed by atoms with Crippen LogP contribution in [0.5, 0.6) is 0 Å². The molecule has 0 aliphatic carbocycles. The van der Waals surface area contributed by atoms with Gasteiger partial charge >= 0.3 is 0 Å². The van der Waals surface area contributed by atoms with E-state index in [1.165, 1.54) is 28.0 Å². The molecule has 0 saturated carbocycles. The molecule has 4 heteroatoms. The topological polar surface area (TPSA) is 38.7 Å². The van der Waals surface area contributed by atoms with Crippen molar-refractivity contribution >= 4 is 5.70 Å². The zero-order valence-corrected chi connectivity index (χ0v) is 18.5. The van der Waals surface area contributed by atoms with Crippen LogP contribution in [0, 0.1) is 0 Å². The van der Waals surface area contributed by atoms with Gasteiger partial charge in [-0.1, -0.05) is 49.0 Å². The number of hydrogen-bond donors (Lipinski definition) is 2. The van der Waals surface area contributed by atoms with Crippen molar-refractivity contribution in [2.75, 3.05) is 26.2 Å². The number of nitrogens with zero attached hydrogens (tertiary/aromatic N) is 2. The van der Waals surface area contributed by atoms with Gasteiger partial charge in [0.25, 0.3) is 0 Å². The summed E-state index contributed by atoms with van der Waals surface area (Å²) >= 11 is 0. The van der Waals surface area contributed by atoms with E-state index in [-0.39, 0.29) is 12.1 Å². The Hall–Kier alpha value is -2.14. The van der Waals surface area contributed by atoms with Crippen LogP contribution in [0.15, 0.2) is 49.0 Å². The second-order valence-electron chi connectivity index (χ2n) is 9.27. The number of piperazine rings is 1. The van der Waals surface area contributed by atoms with Crippen LogP contribution < -0.4 is 5.32 Å². The highest BCUT2D eigenvalue weighted by Crippen LogP contribution is 2.36. The summed E-state index contributed by atoms with van der Waals surface area (Å²) in [5.41, 5.74) is 7.80. The van der Waals surface area contributed by atoms with Crippen LogP contribution in [0.1, 0.15) is 48.1 Å². The van der Waals surface area contributed by atoms with E-state index >= 15 is 0 Å². The molecule has 2 heterocycles. The van der Waals surface area contributed by atoms with Crippen LogP contribution in [-0.2, 0) is 26.1 Å². The van der Waals surface area contributed by atoms with Gasteiger partial charge in [-0.05, 0) is 48.9 Å². The van der Waals surface area contributed by atoms with E-state index in [1.807, 2.05) is 12.1 Å². The third-order valence-corrected chi connectivity index (χ3v) is 6.85. The zero-order valence-electron chi connectivity index (χ0n) is 18.5. The molecule has 0 aromatic heterocycles. The van der Waals surface area contributed by atoms with Crippen molar-refractivity contribution in [2.24, 2.45) is 0 Å². The molecule has 2 aromatic carbocycles. The first-order valence-corrected chi connectivity index (χ1v) is 11.2. The molecule has 1 saturated heterocycles. The Morgan fingerprint density at radius 3 is 2.57 bits per heavy atom. The molecule has 2 aliphatic heterocycles. The van der Waals surface area contributed by atoms with Gasteiger partial charge in [0.05, 0.1) is 6.61 Å². The van der Waals surface area contributed by atoms with Crippen LogP contribution >= 0.6 is 0 Å². The predicted octanol–water partition coefficient (Wildman–Crippen LogP) is 3.78. The molecule has 2 N–H and O–H groups in total. The molecule has 0 bridgehead atoms. The van der Waals surface area contributed by atoms with Crippen molar-refractivity contribution in [3.63, 3.8) is 0 Å². The quantitative estimate of drug-likeness (QED) is 0.735. The lowest BCUT2D eigenvalue weighted by atomic mass is 9.93. The Bertz CT molecular complexity index is 899. The molecule has 0 amide bonds. The van der Waals surface area contributed by atoms with Crippen LogP contribution in [0.3, 0.4) is 0 Å². The number of nitrogens with one attached hydrogen (secondary N) is 1. The summed E-state index contributed by atoms with van der Waals surface area (Å²) in [4.78, 5) is 5.04. The van der Waals surface area contributed by atoms with E-state index in [9.17, 15) is 5.11 Å². The van der Waals surface area contributed by atoms with E-state index in [4.69, 9.17) is 0 Å². The highest BCUT2D eigenvalue weighted by molar-refractivity contribution is 5.67. The molecule has 4 rings (SSSR count). The molecular weight excluding hydrogens is 370 g/mol. The fourth-order valence-electron chi connectivity index (χ4n) is 4.72. The third-order valence-electron chi connectivity index (χ3n) is 6.85. The van der Waals surface area contributed by atoms with Crippen molar-refractivity contribution in [2.45, 2.75) is 51.9 Å². The van der Waals surface area contributed by atoms with Gasteiger partial charge in [0.15, 0.2) is 0 Å². The van der Waals surface area contributed by atoms with Crippen LogP contribution in [0.2, 0.25) is 0 Å². The summed E-state index contributed by atoms with van der Waals surface area (Å²) in [5.74, 6) is 0. The van der Waals surface area contributed by atoms with Gasteiger partial charge in [0.2, 0.25) is 0 Å². The van der Waals surface area contributed by atoms with E-state index in [2.05, 4.69) is 65.9 Å². The number of hydrogen-bond acceptors (Lipinski definition) is 4. The third kappa shape index (κ3) is 4.46. The molecule has 2 aliphatic rings. The van der Waals surface area contributed by atoms with Crippen molar-refractivity contribution in [3.05, 3.63) is 76.9 Å². The van der Waals surface area contributed by atoms with Gasteiger partial charge in [-0.15, -0.1) is 0 Å². The molecule has 4 nitrogen and oxygen atoms in total. The van der Waals surface area contributed by atoms with E-state index in [1.54, 1.807) is 0 Å². The van der Waals surface area contributed by atoms with Crippen molar-refractivity contribution in [3.8, 4) is 0 Å². The fourth-order valence-corrected chi connectivity index (χ4v) is 4.72. The number of benzene rings is 2. The average Bonchev–Trinajstić information content (AvgIpc) is 3.23. The van der Waals surface area contributed by atoms with E-state index in [0.29, 0.717) is 0 Å². The Kier molecular flexibility index (Phi) is 6.28. The Labute approximate surface area is 181 Å². The molecule has 1 fully saturated rings.